The number of ether oxygens (including phenoxy) is 1. The largest absolute Gasteiger partial charge is 0.496 e. The summed E-state index contributed by atoms with van der Waals surface area (Å²) >= 11 is 0. The number of aliphatic hydroxyl groups is 2. The monoisotopic (exact) mass is 238 g/mol. The molecule has 3 heteroatoms. The fourth-order valence-corrected chi connectivity index (χ4v) is 1.69. The highest BCUT2D eigenvalue weighted by Gasteiger charge is 2.22. The van der Waals surface area contributed by atoms with Gasteiger partial charge in [-0.1, -0.05) is 26.8 Å². The molecule has 0 saturated carbocycles. The van der Waals surface area contributed by atoms with Crippen molar-refractivity contribution in [3.05, 3.63) is 29.3 Å². The van der Waals surface area contributed by atoms with E-state index in [0.29, 0.717) is 11.3 Å². The zero-order chi connectivity index (χ0) is 13.2. The lowest BCUT2D eigenvalue weighted by molar-refractivity contribution is 0.0289. The molecule has 96 valence electrons. The molecule has 0 spiro atoms. The third-order valence-electron chi connectivity index (χ3n) is 2.87. The van der Waals surface area contributed by atoms with Crippen molar-refractivity contribution in [3.63, 3.8) is 0 Å². The van der Waals surface area contributed by atoms with Gasteiger partial charge in [0.05, 0.1) is 13.2 Å². The normalized spacial score (nSPS) is 15.5. The Bertz CT molecular complexity index is 378. The summed E-state index contributed by atoms with van der Waals surface area (Å²) in [5.74, 6) is 0.603. The summed E-state index contributed by atoms with van der Waals surface area (Å²) < 4.78 is 5.21. The fourth-order valence-electron chi connectivity index (χ4n) is 1.69. The van der Waals surface area contributed by atoms with E-state index < -0.39 is 12.2 Å². The van der Waals surface area contributed by atoms with E-state index in [1.807, 2.05) is 18.2 Å². The Hall–Kier alpha value is -1.06. The number of rotatable bonds is 3. The Morgan fingerprint density at radius 3 is 2.18 bits per heavy atom. The van der Waals surface area contributed by atoms with Crippen LogP contribution < -0.4 is 4.74 Å². The molecule has 0 amide bonds. The predicted octanol–water partition coefficient (Wildman–Crippen LogP) is 2.41. The minimum absolute atomic E-state index is 0.000560. The van der Waals surface area contributed by atoms with Crippen molar-refractivity contribution in [2.45, 2.75) is 45.3 Å². The molecule has 1 aromatic rings. The summed E-state index contributed by atoms with van der Waals surface area (Å²) in [6, 6.07) is 5.72. The third kappa shape index (κ3) is 3.20. The first-order valence-electron chi connectivity index (χ1n) is 5.82. The molecule has 2 atom stereocenters. The van der Waals surface area contributed by atoms with Crippen LogP contribution in [-0.4, -0.2) is 23.4 Å². The van der Waals surface area contributed by atoms with Crippen LogP contribution in [0.25, 0.3) is 0 Å². The van der Waals surface area contributed by atoms with Crippen LogP contribution >= 0.6 is 0 Å². The minimum atomic E-state index is -0.924. The van der Waals surface area contributed by atoms with Crippen LogP contribution in [0.5, 0.6) is 5.75 Å². The number of hydrogen-bond donors (Lipinski definition) is 2. The molecule has 0 radical (unpaired) electrons. The number of aliphatic hydroxyl groups excluding tert-OH is 2. The molecule has 1 aromatic carbocycles. The Morgan fingerprint density at radius 1 is 1.18 bits per heavy atom. The van der Waals surface area contributed by atoms with E-state index >= 15 is 0 Å². The zero-order valence-electron chi connectivity index (χ0n) is 11.2. The van der Waals surface area contributed by atoms with Gasteiger partial charge in [0.2, 0.25) is 0 Å². The Kier molecular flexibility index (Phi) is 4.17. The molecule has 0 aliphatic heterocycles. The predicted molar refractivity (Wildman–Crippen MR) is 68.3 cm³/mol. The SMILES string of the molecule is COc1ccc(C(C)(C)C)cc1C(O)C(C)O. The molecule has 0 aromatic heterocycles. The topological polar surface area (TPSA) is 49.7 Å². The van der Waals surface area contributed by atoms with E-state index in [4.69, 9.17) is 4.74 Å². The zero-order valence-corrected chi connectivity index (χ0v) is 11.2. The second kappa shape index (κ2) is 5.07. The maximum atomic E-state index is 9.97. The summed E-state index contributed by atoms with van der Waals surface area (Å²) in [4.78, 5) is 0. The number of methoxy groups -OCH3 is 1. The molecule has 1 rings (SSSR count). The highest BCUT2D eigenvalue weighted by molar-refractivity contribution is 5.41. The van der Waals surface area contributed by atoms with E-state index in [1.165, 1.54) is 0 Å². The standard InChI is InChI=1S/C14H22O3/c1-9(15)13(16)11-8-10(14(2,3)4)6-7-12(11)17-5/h6-9,13,15-16H,1-5H3. The van der Waals surface area contributed by atoms with Gasteiger partial charge in [-0.25, -0.2) is 0 Å². The lowest BCUT2D eigenvalue weighted by Crippen LogP contribution is -2.17. The number of hydrogen-bond acceptors (Lipinski definition) is 3. The molecular formula is C14H22O3. The molecule has 2 unspecified atom stereocenters. The second-order valence-electron chi connectivity index (χ2n) is 5.39. The van der Waals surface area contributed by atoms with Crippen molar-refractivity contribution in [3.8, 4) is 5.75 Å². The maximum absolute atomic E-state index is 9.97. The molecule has 17 heavy (non-hydrogen) atoms. The van der Waals surface area contributed by atoms with Crippen molar-refractivity contribution in [1.82, 2.24) is 0 Å². The van der Waals surface area contributed by atoms with Gasteiger partial charge < -0.3 is 14.9 Å². The molecule has 3 nitrogen and oxygen atoms in total. The lowest BCUT2D eigenvalue weighted by atomic mass is 9.85. The first-order valence-corrected chi connectivity index (χ1v) is 5.82. The molecule has 0 fully saturated rings. The quantitative estimate of drug-likeness (QED) is 0.850. The molecular weight excluding hydrogens is 216 g/mol. The third-order valence-corrected chi connectivity index (χ3v) is 2.87. The van der Waals surface area contributed by atoms with E-state index in [9.17, 15) is 10.2 Å². The number of benzene rings is 1. The van der Waals surface area contributed by atoms with Gasteiger partial charge in [0.15, 0.2) is 0 Å². The molecule has 0 saturated heterocycles. The van der Waals surface area contributed by atoms with Crippen LogP contribution in [0.2, 0.25) is 0 Å². The first-order chi connectivity index (χ1) is 7.77. The molecule has 0 heterocycles. The van der Waals surface area contributed by atoms with Gasteiger partial charge in [0, 0.05) is 5.56 Å². The summed E-state index contributed by atoms with van der Waals surface area (Å²) in [5, 5.41) is 19.5. The van der Waals surface area contributed by atoms with E-state index in [0.717, 1.165) is 5.56 Å². The smallest absolute Gasteiger partial charge is 0.124 e. The van der Waals surface area contributed by atoms with Gasteiger partial charge in [0.25, 0.3) is 0 Å². The fraction of sp³-hybridized carbons (Fsp3) is 0.571. The van der Waals surface area contributed by atoms with Gasteiger partial charge in [0.1, 0.15) is 11.9 Å². The second-order valence-corrected chi connectivity index (χ2v) is 5.39. The van der Waals surface area contributed by atoms with Gasteiger partial charge >= 0.3 is 0 Å². The van der Waals surface area contributed by atoms with Crippen LogP contribution in [0.4, 0.5) is 0 Å². The molecule has 0 aliphatic carbocycles. The van der Waals surface area contributed by atoms with E-state index in [1.54, 1.807) is 14.0 Å². The highest BCUT2D eigenvalue weighted by Crippen LogP contribution is 2.32. The van der Waals surface area contributed by atoms with Crippen molar-refractivity contribution in [2.75, 3.05) is 7.11 Å². The van der Waals surface area contributed by atoms with Crippen LogP contribution in [0.1, 0.15) is 44.9 Å². The lowest BCUT2D eigenvalue weighted by Gasteiger charge is -2.23. The average molecular weight is 238 g/mol. The van der Waals surface area contributed by atoms with Crippen LogP contribution in [-0.2, 0) is 5.41 Å². The molecule has 0 aliphatic rings. The summed E-state index contributed by atoms with van der Waals surface area (Å²) in [6.45, 7) is 7.88. The Morgan fingerprint density at radius 2 is 1.76 bits per heavy atom. The minimum Gasteiger partial charge on any atom is -0.496 e. The maximum Gasteiger partial charge on any atom is 0.124 e. The average Bonchev–Trinajstić information content (AvgIpc) is 2.25. The molecule has 0 bridgehead atoms. The highest BCUT2D eigenvalue weighted by atomic mass is 16.5. The van der Waals surface area contributed by atoms with Crippen molar-refractivity contribution in [2.24, 2.45) is 0 Å². The van der Waals surface area contributed by atoms with Crippen LogP contribution in [0, 0.1) is 0 Å². The van der Waals surface area contributed by atoms with Crippen molar-refractivity contribution < 1.29 is 14.9 Å². The van der Waals surface area contributed by atoms with Gasteiger partial charge in [-0.15, -0.1) is 0 Å². The van der Waals surface area contributed by atoms with Crippen molar-refractivity contribution in [1.29, 1.82) is 0 Å². The van der Waals surface area contributed by atoms with E-state index in [-0.39, 0.29) is 5.41 Å². The Labute approximate surface area is 103 Å². The van der Waals surface area contributed by atoms with Gasteiger partial charge in [-0.2, -0.15) is 0 Å². The summed E-state index contributed by atoms with van der Waals surface area (Å²) in [5.41, 5.74) is 1.74. The summed E-state index contributed by atoms with van der Waals surface area (Å²) in [7, 11) is 1.56. The Balaban J connectivity index is 3.25. The van der Waals surface area contributed by atoms with Crippen LogP contribution in [0.15, 0.2) is 18.2 Å². The van der Waals surface area contributed by atoms with Gasteiger partial charge in [-0.05, 0) is 30.0 Å². The molecule has 2 N–H and O–H groups in total. The van der Waals surface area contributed by atoms with Crippen molar-refractivity contribution >= 4 is 0 Å². The van der Waals surface area contributed by atoms with Crippen LogP contribution in [0.3, 0.4) is 0 Å². The van der Waals surface area contributed by atoms with E-state index in [2.05, 4.69) is 20.8 Å². The summed E-state index contributed by atoms with van der Waals surface area (Å²) in [6.07, 6.45) is -1.74. The first kappa shape index (κ1) is 14.0. The van der Waals surface area contributed by atoms with Gasteiger partial charge in [-0.3, -0.25) is 0 Å².